The summed E-state index contributed by atoms with van der Waals surface area (Å²) in [7, 11) is 0. The zero-order chi connectivity index (χ0) is 33.9. The fraction of sp³-hybridized carbons (Fsp3) is 0. The van der Waals surface area contributed by atoms with Crippen LogP contribution in [0.15, 0.2) is 122 Å². The van der Waals surface area contributed by atoms with Crippen molar-refractivity contribution >= 4 is 69.6 Å². The number of carbonyl (C=O) groups is 2. The van der Waals surface area contributed by atoms with Crippen LogP contribution in [0, 0.1) is 0 Å². The molecule has 0 bridgehead atoms. The Kier molecular flexibility index (Phi) is 11.7. The van der Waals surface area contributed by atoms with Crippen molar-refractivity contribution in [1.29, 1.82) is 0 Å². The van der Waals surface area contributed by atoms with Crippen LogP contribution in [0.3, 0.4) is 0 Å². The van der Waals surface area contributed by atoms with Gasteiger partial charge in [0.25, 0.3) is 11.8 Å². The van der Waals surface area contributed by atoms with Crippen LogP contribution in [0.5, 0.6) is 23.3 Å². The van der Waals surface area contributed by atoms with E-state index in [2.05, 4.69) is 30.6 Å². The highest BCUT2D eigenvalue weighted by Gasteiger charge is 2.11. The van der Waals surface area contributed by atoms with Crippen LogP contribution in [0.2, 0.25) is 20.1 Å². The standard InChI is InChI=1S/2C17H11Cl2N3O2/c2*18-11-4-7-16(21-10-11)24-15-6-5-12(9-13(15)19)22-17(23)14-3-1-2-8-20-14/h2*1-10H,(H,22,23). The van der Waals surface area contributed by atoms with Crippen LogP contribution < -0.4 is 20.1 Å². The maximum Gasteiger partial charge on any atom is 0.274 e. The molecule has 0 radical (unpaired) electrons. The molecule has 0 fully saturated rings. The Morgan fingerprint density at radius 3 is 1.29 bits per heavy atom. The second kappa shape index (κ2) is 16.5. The van der Waals surface area contributed by atoms with E-state index in [9.17, 15) is 9.59 Å². The van der Waals surface area contributed by atoms with Gasteiger partial charge in [-0.05, 0) is 72.8 Å². The molecule has 0 aliphatic rings. The largest absolute Gasteiger partial charge is 0.437 e. The van der Waals surface area contributed by atoms with Crippen molar-refractivity contribution in [1.82, 2.24) is 19.9 Å². The maximum atomic E-state index is 12.1. The number of rotatable bonds is 8. The molecule has 10 nitrogen and oxygen atoms in total. The highest BCUT2D eigenvalue weighted by Crippen LogP contribution is 2.32. The third-order valence-electron chi connectivity index (χ3n) is 6.00. The van der Waals surface area contributed by atoms with Crippen LogP contribution in [0.1, 0.15) is 21.0 Å². The summed E-state index contributed by atoms with van der Waals surface area (Å²) in [6.45, 7) is 0. The number of carbonyl (C=O) groups excluding carboxylic acids is 2. The molecule has 0 aliphatic heterocycles. The number of hydrogen-bond donors (Lipinski definition) is 2. The molecule has 4 heterocycles. The Labute approximate surface area is 294 Å². The Bertz CT molecular complexity index is 1860. The Hall–Kier alpha value is -5.26. The van der Waals surface area contributed by atoms with Crippen LogP contribution >= 0.6 is 46.4 Å². The number of halogens is 4. The monoisotopic (exact) mass is 718 g/mol. The van der Waals surface area contributed by atoms with E-state index < -0.39 is 0 Å². The normalized spacial score (nSPS) is 10.2. The minimum atomic E-state index is -0.320. The van der Waals surface area contributed by atoms with Crippen molar-refractivity contribution in [2.75, 3.05) is 10.6 Å². The van der Waals surface area contributed by atoms with Crippen molar-refractivity contribution in [2.24, 2.45) is 0 Å². The van der Waals surface area contributed by atoms with Gasteiger partial charge in [-0.1, -0.05) is 58.5 Å². The molecule has 0 spiro atoms. The molecule has 0 saturated heterocycles. The first-order valence-electron chi connectivity index (χ1n) is 13.9. The smallest absolute Gasteiger partial charge is 0.274 e. The first-order chi connectivity index (χ1) is 23.2. The summed E-state index contributed by atoms with van der Waals surface area (Å²) in [4.78, 5) is 40.2. The molecule has 4 aromatic heterocycles. The molecular weight excluding hydrogens is 698 g/mol. The highest BCUT2D eigenvalue weighted by molar-refractivity contribution is 6.33. The van der Waals surface area contributed by atoms with E-state index >= 15 is 0 Å². The van der Waals surface area contributed by atoms with Crippen LogP contribution in [-0.4, -0.2) is 31.8 Å². The molecule has 2 amide bonds. The second-order valence-corrected chi connectivity index (χ2v) is 11.1. The number of hydrogen-bond acceptors (Lipinski definition) is 8. The molecule has 2 aromatic carbocycles. The number of pyridine rings is 4. The van der Waals surface area contributed by atoms with Crippen molar-refractivity contribution in [2.45, 2.75) is 0 Å². The maximum absolute atomic E-state index is 12.1. The third-order valence-corrected chi connectivity index (χ3v) is 7.04. The fourth-order valence-corrected chi connectivity index (χ4v) is 4.44. The molecule has 48 heavy (non-hydrogen) atoms. The van der Waals surface area contributed by atoms with E-state index in [0.29, 0.717) is 66.1 Å². The van der Waals surface area contributed by atoms with E-state index in [1.54, 1.807) is 109 Å². The van der Waals surface area contributed by atoms with E-state index in [4.69, 9.17) is 55.9 Å². The quantitative estimate of drug-likeness (QED) is 0.159. The molecule has 0 unspecified atom stereocenters. The van der Waals surface area contributed by atoms with Gasteiger partial charge in [0.05, 0.1) is 20.1 Å². The molecule has 0 aliphatic carbocycles. The van der Waals surface area contributed by atoms with Crippen molar-refractivity contribution < 1.29 is 19.1 Å². The van der Waals surface area contributed by atoms with Gasteiger partial charge in [-0.15, -0.1) is 0 Å². The first-order valence-corrected chi connectivity index (χ1v) is 15.4. The minimum Gasteiger partial charge on any atom is -0.437 e. The van der Waals surface area contributed by atoms with Gasteiger partial charge in [-0.25, -0.2) is 9.97 Å². The lowest BCUT2D eigenvalue weighted by Crippen LogP contribution is -2.13. The average molecular weight is 720 g/mol. The third kappa shape index (κ3) is 9.87. The van der Waals surface area contributed by atoms with Crippen LogP contribution in [0.4, 0.5) is 11.4 Å². The van der Waals surface area contributed by atoms with Crippen molar-refractivity contribution in [3.8, 4) is 23.3 Å². The summed E-state index contributed by atoms with van der Waals surface area (Å²) in [6, 6.07) is 26.6. The summed E-state index contributed by atoms with van der Waals surface area (Å²) in [5, 5.41) is 7.15. The average Bonchev–Trinajstić information content (AvgIpc) is 3.10. The lowest BCUT2D eigenvalue weighted by Gasteiger charge is -2.09. The molecule has 2 N–H and O–H groups in total. The van der Waals surface area contributed by atoms with Gasteiger partial charge in [0, 0.05) is 48.3 Å². The second-order valence-electron chi connectivity index (χ2n) is 9.46. The molecule has 14 heteroatoms. The molecule has 6 rings (SSSR count). The van der Waals surface area contributed by atoms with Crippen LogP contribution in [0.25, 0.3) is 0 Å². The topological polar surface area (TPSA) is 128 Å². The number of anilines is 2. The minimum absolute atomic E-state index is 0.319. The summed E-state index contributed by atoms with van der Waals surface area (Å²) < 4.78 is 11.2. The number of aromatic nitrogens is 4. The predicted molar refractivity (Wildman–Crippen MR) is 186 cm³/mol. The fourth-order valence-electron chi connectivity index (χ4n) is 3.78. The lowest BCUT2D eigenvalue weighted by atomic mass is 10.2. The Balaban J connectivity index is 0.000000188. The zero-order valence-electron chi connectivity index (χ0n) is 24.5. The first kappa shape index (κ1) is 34.1. The number of ether oxygens (including phenoxy) is 2. The van der Waals surface area contributed by atoms with Crippen molar-refractivity contribution in [3.05, 3.63) is 153 Å². The van der Waals surface area contributed by atoms with E-state index in [1.807, 2.05) is 0 Å². The molecule has 0 atom stereocenters. The SMILES string of the molecule is O=C(Nc1ccc(Oc2ccc(Cl)cn2)c(Cl)c1)c1ccccn1.O=C(Nc1ccc(Oc2ccc(Cl)cn2)c(Cl)c1)c1ccccn1. The molecule has 6 aromatic rings. The number of nitrogens with zero attached hydrogens (tertiary/aromatic N) is 4. The summed E-state index contributed by atoms with van der Waals surface area (Å²) in [5.41, 5.74) is 1.71. The predicted octanol–water partition coefficient (Wildman–Crippen LogP) is 9.66. The van der Waals surface area contributed by atoms with Gasteiger partial charge in [0.2, 0.25) is 11.8 Å². The summed E-state index contributed by atoms with van der Waals surface area (Å²) >= 11 is 23.9. The summed E-state index contributed by atoms with van der Waals surface area (Å²) in [6.07, 6.45) is 6.06. The zero-order valence-corrected chi connectivity index (χ0v) is 27.5. The van der Waals surface area contributed by atoms with Crippen molar-refractivity contribution in [3.63, 3.8) is 0 Å². The molecule has 0 saturated carbocycles. The number of amides is 2. The van der Waals surface area contributed by atoms with Gasteiger partial charge in [-0.3, -0.25) is 19.6 Å². The van der Waals surface area contributed by atoms with Gasteiger partial charge < -0.3 is 20.1 Å². The molecular formula is C34H22Cl4N6O4. The Morgan fingerprint density at radius 1 is 0.521 bits per heavy atom. The van der Waals surface area contributed by atoms with E-state index in [1.165, 1.54) is 12.4 Å². The van der Waals surface area contributed by atoms with Gasteiger partial charge >= 0.3 is 0 Å². The molecule has 240 valence electrons. The van der Waals surface area contributed by atoms with E-state index in [0.717, 1.165) is 0 Å². The Morgan fingerprint density at radius 2 is 0.958 bits per heavy atom. The van der Waals surface area contributed by atoms with E-state index in [-0.39, 0.29) is 11.8 Å². The van der Waals surface area contributed by atoms with Gasteiger partial charge in [0.15, 0.2) is 0 Å². The van der Waals surface area contributed by atoms with Gasteiger partial charge in [-0.2, -0.15) is 0 Å². The number of benzene rings is 2. The van der Waals surface area contributed by atoms with Crippen LogP contribution in [-0.2, 0) is 0 Å². The highest BCUT2D eigenvalue weighted by atomic mass is 35.5. The summed E-state index contributed by atoms with van der Waals surface area (Å²) in [5.74, 6) is 0.933. The number of nitrogens with one attached hydrogen (secondary N) is 2. The van der Waals surface area contributed by atoms with Gasteiger partial charge in [0.1, 0.15) is 22.9 Å². The lowest BCUT2D eigenvalue weighted by molar-refractivity contribution is 0.101.